The van der Waals surface area contributed by atoms with Gasteiger partial charge in [-0.25, -0.2) is 0 Å². The second-order valence-electron chi connectivity index (χ2n) is 3.73. The minimum Gasteiger partial charge on any atom is -0.485 e. The molecule has 0 aliphatic heterocycles. The van der Waals surface area contributed by atoms with Gasteiger partial charge in [-0.15, -0.1) is 5.10 Å². The number of hydrogen-bond acceptors (Lipinski definition) is 5. The highest BCUT2D eigenvalue weighted by Gasteiger charge is 2.06. The van der Waals surface area contributed by atoms with Crippen LogP contribution in [-0.4, -0.2) is 25.1 Å². The van der Waals surface area contributed by atoms with E-state index in [1.54, 1.807) is 24.0 Å². The number of pyridine rings is 1. The average Bonchev–Trinajstić information content (AvgIpc) is 2.73. The number of aliphatic hydroxyl groups excluding tert-OH is 1. The van der Waals surface area contributed by atoms with Crippen molar-refractivity contribution < 1.29 is 9.84 Å². The fourth-order valence-electron chi connectivity index (χ4n) is 1.46. The zero-order valence-electron chi connectivity index (χ0n) is 9.79. The number of hydrogen-bond donors (Lipinski definition) is 1. The van der Waals surface area contributed by atoms with Gasteiger partial charge in [0.25, 0.3) is 0 Å². The molecule has 0 amide bonds. The van der Waals surface area contributed by atoms with Crippen LogP contribution in [0.2, 0.25) is 0 Å². The van der Waals surface area contributed by atoms with Crippen LogP contribution < -0.4 is 4.74 Å². The fraction of sp³-hybridized carbons (Fsp3) is 0.364. The smallest absolute Gasteiger partial charge is 0.143 e. The minimum atomic E-state index is -0.141. The molecule has 1 N–H and O–H groups in total. The van der Waals surface area contributed by atoms with E-state index in [-0.39, 0.29) is 6.61 Å². The molecule has 6 nitrogen and oxygen atoms in total. The molecule has 17 heavy (non-hydrogen) atoms. The predicted octanol–water partition coefficient (Wildman–Crippen LogP) is 0.590. The van der Waals surface area contributed by atoms with Crippen molar-refractivity contribution in [2.45, 2.75) is 20.1 Å². The Bertz CT molecular complexity index is 510. The van der Waals surface area contributed by atoms with E-state index in [9.17, 15) is 0 Å². The lowest BCUT2D eigenvalue weighted by atomic mass is 10.3. The van der Waals surface area contributed by atoms with Crippen LogP contribution in [0, 0.1) is 6.92 Å². The topological polar surface area (TPSA) is 73.1 Å². The molecule has 0 aliphatic carbocycles. The van der Waals surface area contributed by atoms with Gasteiger partial charge in [-0.2, -0.15) is 0 Å². The lowest BCUT2D eigenvalue weighted by Crippen LogP contribution is -2.01. The third-order valence-electron chi connectivity index (χ3n) is 2.25. The molecule has 0 saturated heterocycles. The molecule has 6 heteroatoms. The first-order chi connectivity index (χ1) is 8.19. The van der Waals surface area contributed by atoms with Crippen molar-refractivity contribution in [3.05, 3.63) is 35.4 Å². The molecule has 0 saturated carbocycles. The maximum absolute atomic E-state index is 9.17. The molecular formula is C11H14N4O2. The monoisotopic (exact) mass is 234 g/mol. The molecule has 2 rings (SSSR count). The first-order valence-corrected chi connectivity index (χ1v) is 5.24. The summed E-state index contributed by atoms with van der Waals surface area (Å²) in [6, 6.07) is 3.63. The Kier molecular flexibility index (Phi) is 3.34. The van der Waals surface area contributed by atoms with Gasteiger partial charge >= 0.3 is 0 Å². The fourth-order valence-corrected chi connectivity index (χ4v) is 1.46. The highest BCUT2D eigenvalue weighted by atomic mass is 16.5. The Labute approximate surface area is 98.9 Å². The second kappa shape index (κ2) is 4.92. The number of aryl methyl sites for hydroxylation is 2. The first-order valence-electron chi connectivity index (χ1n) is 5.24. The Morgan fingerprint density at radius 2 is 2.24 bits per heavy atom. The Balaban J connectivity index is 2.08. The molecule has 0 atom stereocenters. The van der Waals surface area contributed by atoms with E-state index in [0.717, 1.165) is 11.4 Å². The predicted molar refractivity (Wildman–Crippen MR) is 60.2 cm³/mol. The van der Waals surface area contributed by atoms with Crippen LogP contribution in [0.4, 0.5) is 0 Å². The minimum absolute atomic E-state index is 0.141. The normalized spacial score (nSPS) is 10.5. The van der Waals surface area contributed by atoms with Crippen LogP contribution in [0.15, 0.2) is 18.3 Å². The van der Waals surface area contributed by atoms with E-state index in [1.165, 1.54) is 0 Å². The summed E-state index contributed by atoms with van der Waals surface area (Å²) < 4.78 is 7.15. The van der Waals surface area contributed by atoms with Gasteiger partial charge in [0.1, 0.15) is 23.7 Å². The SMILES string of the molecule is Cc1ccc(OCc2cn(C)nn2)c(CO)n1. The zero-order chi connectivity index (χ0) is 12.3. The standard InChI is InChI=1S/C11H14N4O2/c1-8-3-4-11(10(6-16)12-8)17-7-9-5-15(2)14-13-9/h3-5,16H,6-7H2,1-2H3. The molecule has 0 unspecified atom stereocenters. The summed E-state index contributed by atoms with van der Waals surface area (Å²) >= 11 is 0. The van der Waals surface area contributed by atoms with Crippen molar-refractivity contribution in [3.8, 4) is 5.75 Å². The van der Waals surface area contributed by atoms with Gasteiger partial charge in [-0.1, -0.05) is 5.21 Å². The lowest BCUT2D eigenvalue weighted by Gasteiger charge is -2.08. The van der Waals surface area contributed by atoms with Gasteiger partial charge in [0, 0.05) is 12.7 Å². The molecular weight excluding hydrogens is 220 g/mol. The number of rotatable bonds is 4. The second-order valence-corrected chi connectivity index (χ2v) is 3.73. The van der Waals surface area contributed by atoms with Crippen LogP contribution in [0.25, 0.3) is 0 Å². The van der Waals surface area contributed by atoms with Crippen molar-refractivity contribution in [1.29, 1.82) is 0 Å². The van der Waals surface area contributed by atoms with Crippen LogP contribution in [-0.2, 0) is 20.3 Å². The van der Waals surface area contributed by atoms with E-state index in [0.29, 0.717) is 18.1 Å². The Morgan fingerprint density at radius 3 is 2.88 bits per heavy atom. The lowest BCUT2D eigenvalue weighted by molar-refractivity contribution is 0.251. The van der Waals surface area contributed by atoms with Gasteiger partial charge in [0.15, 0.2) is 0 Å². The highest BCUT2D eigenvalue weighted by Crippen LogP contribution is 2.17. The molecule has 0 radical (unpaired) electrons. The van der Waals surface area contributed by atoms with Crippen LogP contribution in [0.1, 0.15) is 17.1 Å². The largest absolute Gasteiger partial charge is 0.485 e. The first kappa shape index (κ1) is 11.5. The maximum Gasteiger partial charge on any atom is 0.143 e. The quantitative estimate of drug-likeness (QED) is 0.838. The molecule has 2 aromatic heterocycles. The highest BCUT2D eigenvalue weighted by molar-refractivity contribution is 5.28. The van der Waals surface area contributed by atoms with Crippen molar-refractivity contribution in [2.75, 3.05) is 0 Å². The number of aliphatic hydroxyl groups is 1. The van der Waals surface area contributed by atoms with Gasteiger partial charge in [-0.3, -0.25) is 9.67 Å². The van der Waals surface area contributed by atoms with Crippen LogP contribution >= 0.6 is 0 Å². The van der Waals surface area contributed by atoms with Gasteiger partial charge < -0.3 is 9.84 Å². The maximum atomic E-state index is 9.17. The Hall–Kier alpha value is -1.95. The molecule has 2 heterocycles. The molecule has 0 spiro atoms. The van der Waals surface area contributed by atoms with Crippen molar-refractivity contribution in [1.82, 2.24) is 20.0 Å². The molecule has 0 fully saturated rings. The Morgan fingerprint density at radius 1 is 1.41 bits per heavy atom. The van der Waals surface area contributed by atoms with Gasteiger partial charge in [-0.05, 0) is 19.1 Å². The molecule has 0 bridgehead atoms. The molecule has 0 aromatic carbocycles. The van der Waals surface area contributed by atoms with Crippen LogP contribution in [0.5, 0.6) is 5.75 Å². The third-order valence-corrected chi connectivity index (χ3v) is 2.25. The number of aromatic nitrogens is 4. The zero-order valence-corrected chi connectivity index (χ0v) is 9.79. The third kappa shape index (κ3) is 2.79. The van der Waals surface area contributed by atoms with Crippen LogP contribution in [0.3, 0.4) is 0 Å². The van der Waals surface area contributed by atoms with Crippen molar-refractivity contribution in [2.24, 2.45) is 7.05 Å². The summed E-state index contributed by atoms with van der Waals surface area (Å²) in [5, 5.41) is 16.9. The summed E-state index contributed by atoms with van der Waals surface area (Å²) in [6.45, 7) is 2.04. The number of nitrogens with zero attached hydrogens (tertiary/aromatic N) is 4. The average molecular weight is 234 g/mol. The summed E-state index contributed by atoms with van der Waals surface area (Å²) in [5.74, 6) is 0.573. The summed E-state index contributed by atoms with van der Waals surface area (Å²) in [7, 11) is 1.79. The molecule has 90 valence electrons. The summed E-state index contributed by atoms with van der Waals surface area (Å²) in [5.41, 5.74) is 2.12. The summed E-state index contributed by atoms with van der Waals surface area (Å²) in [4.78, 5) is 4.19. The van der Waals surface area contributed by atoms with E-state index in [2.05, 4.69) is 15.3 Å². The molecule has 2 aromatic rings. The van der Waals surface area contributed by atoms with E-state index >= 15 is 0 Å². The van der Waals surface area contributed by atoms with Crippen molar-refractivity contribution in [3.63, 3.8) is 0 Å². The van der Waals surface area contributed by atoms with E-state index in [1.807, 2.05) is 13.0 Å². The molecule has 0 aliphatic rings. The van der Waals surface area contributed by atoms with Gasteiger partial charge in [0.05, 0.1) is 12.8 Å². The summed E-state index contributed by atoms with van der Waals surface area (Å²) in [6.07, 6.45) is 1.78. The van der Waals surface area contributed by atoms with E-state index in [4.69, 9.17) is 9.84 Å². The number of ether oxygens (including phenoxy) is 1. The van der Waals surface area contributed by atoms with Crippen molar-refractivity contribution >= 4 is 0 Å². The van der Waals surface area contributed by atoms with E-state index < -0.39 is 0 Å². The van der Waals surface area contributed by atoms with Gasteiger partial charge in [0.2, 0.25) is 0 Å².